The molecular formula is C31H48O6. The third kappa shape index (κ3) is 3.24. The SMILES string of the molecule is COC(=O)[C@]1(C)CC[C@]2(C(=O)O)CC[C@]3(C)C(=CC[C@@H]4[C@@]5(C)CC[C@H](O)[C@@](C)(CO)[C@H]5CC[C@]43C)[C@H]2C1. The fraction of sp³-hybridized carbons (Fsp3) is 0.871. The number of carboxylic acids is 1. The van der Waals surface area contributed by atoms with Gasteiger partial charge in [0.1, 0.15) is 0 Å². The Morgan fingerprint density at radius 1 is 0.973 bits per heavy atom. The summed E-state index contributed by atoms with van der Waals surface area (Å²) in [5, 5.41) is 31.9. The minimum atomic E-state index is -0.812. The van der Waals surface area contributed by atoms with E-state index in [0.29, 0.717) is 38.0 Å². The molecule has 4 fully saturated rings. The fourth-order valence-corrected chi connectivity index (χ4v) is 10.9. The molecule has 0 unspecified atom stereocenters. The van der Waals surface area contributed by atoms with E-state index in [1.165, 1.54) is 12.7 Å². The number of aliphatic hydroxyl groups excluding tert-OH is 2. The van der Waals surface area contributed by atoms with Gasteiger partial charge in [-0.2, -0.15) is 0 Å². The average molecular weight is 517 g/mol. The molecular weight excluding hydrogens is 468 g/mol. The molecule has 6 nitrogen and oxygen atoms in total. The van der Waals surface area contributed by atoms with E-state index in [1.54, 1.807) is 0 Å². The molecule has 0 radical (unpaired) electrons. The van der Waals surface area contributed by atoms with Crippen LogP contribution in [0.15, 0.2) is 11.6 Å². The van der Waals surface area contributed by atoms with Crippen LogP contribution in [0, 0.1) is 50.2 Å². The Hall–Kier alpha value is -1.40. The highest BCUT2D eigenvalue weighted by Gasteiger charge is 2.70. The maximum atomic E-state index is 12.9. The second-order valence-electron chi connectivity index (χ2n) is 14.8. The predicted molar refractivity (Wildman–Crippen MR) is 140 cm³/mol. The summed E-state index contributed by atoms with van der Waals surface area (Å²) < 4.78 is 5.20. The first-order valence-electron chi connectivity index (χ1n) is 14.5. The highest BCUT2D eigenvalue weighted by molar-refractivity contribution is 5.80. The molecule has 0 aromatic rings. The van der Waals surface area contributed by atoms with Crippen LogP contribution in [0.1, 0.15) is 98.8 Å². The van der Waals surface area contributed by atoms with Crippen molar-refractivity contribution >= 4 is 11.9 Å². The van der Waals surface area contributed by atoms with Gasteiger partial charge in [0.2, 0.25) is 0 Å². The smallest absolute Gasteiger partial charge is 0.311 e. The van der Waals surface area contributed by atoms with Crippen molar-refractivity contribution in [3.05, 3.63) is 11.6 Å². The molecule has 0 aliphatic heterocycles. The minimum Gasteiger partial charge on any atom is -0.481 e. The van der Waals surface area contributed by atoms with Crippen LogP contribution >= 0.6 is 0 Å². The maximum absolute atomic E-state index is 12.9. The lowest BCUT2D eigenvalue weighted by Crippen LogP contribution is -2.66. The van der Waals surface area contributed by atoms with Crippen LogP contribution in [0.5, 0.6) is 0 Å². The second-order valence-corrected chi connectivity index (χ2v) is 14.8. The number of allylic oxidation sites excluding steroid dienone is 2. The van der Waals surface area contributed by atoms with E-state index in [9.17, 15) is 24.9 Å². The number of aliphatic carboxylic acids is 1. The number of ether oxygens (including phenoxy) is 1. The van der Waals surface area contributed by atoms with E-state index in [0.717, 1.165) is 32.1 Å². The monoisotopic (exact) mass is 516 g/mol. The largest absolute Gasteiger partial charge is 0.481 e. The Kier molecular flexibility index (Phi) is 6.10. The Bertz CT molecular complexity index is 1020. The zero-order chi connectivity index (χ0) is 27.2. The number of carboxylic acid groups (broad SMARTS) is 1. The van der Waals surface area contributed by atoms with Crippen molar-refractivity contribution in [1.29, 1.82) is 0 Å². The third-order valence-corrected chi connectivity index (χ3v) is 13.6. The van der Waals surface area contributed by atoms with Crippen LogP contribution in [-0.4, -0.2) is 47.1 Å². The van der Waals surface area contributed by atoms with Gasteiger partial charge in [-0.15, -0.1) is 0 Å². The van der Waals surface area contributed by atoms with Gasteiger partial charge in [0.05, 0.1) is 30.7 Å². The lowest BCUT2D eigenvalue weighted by Gasteiger charge is -2.71. The highest BCUT2D eigenvalue weighted by Crippen LogP contribution is 2.75. The molecule has 0 bridgehead atoms. The van der Waals surface area contributed by atoms with Crippen LogP contribution in [0.3, 0.4) is 0 Å². The quantitative estimate of drug-likeness (QED) is 0.345. The summed E-state index contributed by atoms with van der Waals surface area (Å²) in [5.74, 6) is -0.449. The molecule has 0 saturated heterocycles. The zero-order valence-electron chi connectivity index (χ0n) is 23.7. The Morgan fingerprint density at radius 3 is 2.27 bits per heavy atom. The van der Waals surface area contributed by atoms with Gasteiger partial charge in [-0.25, -0.2) is 0 Å². The van der Waals surface area contributed by atoms with Crippen molar-refractivity contribution in [3.8, 4) is 0 Å². The summed E-state index contributed by atoms with van der Waals surface area (Å²) in [4.78, 5) is 25.7. The molecule has 0 aromatic carbocycles. The summed E-state index contributed by atoms with van der Waals surface area (Å²) in [6.45, 7) is 11.3. The molecule has 0 heterocycles. The number of aliphatic hydroxyl groups is 2. The first-order valence-corrected chi connectivity index (χ1v) is 14.5. The molecule has 6 heteroatoms. The number of esters is 1. The number of carbonyl (C=O) groups is 2. The lowest BCUT2D eigenvalue weighted by atomic mass is 9.33. The van der Waals surface area contributed by atoms with Crippen molar-refractivity contribution in [2.75, 3.05) is 13.7 Å². The highest BCUT2D eigenvalue weighted by atomic mass is 16.5. The van der Waals surface area contributed by atoms with Gasteiger partial charge in [0, 0.05) is 5.41 Å². The molecule has 0 spiro atoms. The summed E-state index contributed by atoms with van der Waals surface area (Å²) in [5.41, 5.74) is -0.843. The molecule has 5 aliphatic rings. The molecule has 4 saturated carbocycles. The van der Waals surface area contributed by atoms with Gasteiger partial charge in [-0.1, -0.05) is 39.3 Å². The van der Waals surface area contributed by atoms with E-state index in [1.807, 2.05) is 6.92 Å². The Labute approximate surface area is 222 Å². The van der Waals surface area contributed by atoms with E-state index < -0.39 is 28.3 Å². The maximum Gasteiger partial charge on any atom is 0.311 e. The number of hydrogen-bond acceptors (Lipinski definition) is 5. The third-order valence-electron chi connectivity index (χ3n) is 13.6. The normalized spacial score (nSPS) is 53.0. The molecule has 0 aromatic heterocycles. The van der Waals surface area contributed by atoms with Crippen LogP contribution in [-0.2, 0) is 14.3 Å². The second kappa shape index (κ2) is 8.30. The molecule has 3 N–H and O–H groups in total. The standard InChI is InChI=1S/C31H48O6/c1-26(25(36)37-6)13-15-31(24(34)35)16-14-29(4)19(20(31)17-26)7-8-22-27(2)11-10-23(33)28(3,18-32)21(27)9-12-30(22,29)5/h7,20-23,32-33H,8-18H2,1-6H3,(H,34,35)/t20-,21+,22-,23+,26-,27+,28+,29-,30-,31+/m1/s1. The first kappa shape index (κ1) is 27.2. The topological polar surface area (TPSA) is 104 Å². The van der Waals surface area contributed by atoms with E-state index >= 15 is 0 Å². The average Bonchev–Trinajstić information content (AvgIpc) is 2.86. The van der Waals surface area contributed by atoms with Crippen LogP contribution in [0.2, 0.25) is 0 Å². The molecule has 5 aliphatic carbocycles. The number of carbonyl (C=O) groups excluding carboxylic acids is 1. The molecule has 10 atom stereocenters. The van der Waals surface area contributed by atoms with Crippen molar-refractivity contribution < 1.29 is 29.6 Å². The number of fused-ring (bicyclic) bond motifs is 7. The fourth-order valence-electron chi connectivity index (χ4n) is 10.9. The number of hydrogen-bond donors (Lipinski definition) is 3. The molecule has 0 amide bonds. The lowest BCUT2D eigenvalue weighted by molar-refractivity contribution is -0.217. The van der Waals surface area contributed by atoms with E-state index in [2.05, 4.69) is 33.8 Å². The van der Waals surface area contributed by atoms with Gasteiger partial charge in [0.25, 0.3) is 0 Å². The predicted octanol–water partition coefficient (Wildman–Crippen LogP) is 5.36. The van der Waals surface area contributed by atoms with Crippen LogP contribution < -0.4 is 0 Å². The summed E-state index contributed by atoms with van der Waals surface area (Å²) in [7, 11) is 1.43. The summed E-state index contributed by atoms with van der Waals surface area (Å²) >= 11 is 0. The van der Waals surface area contributed by atoms with Gasteiger partial charge in [-0.05, 0) is 105 Å². The van der Waals surface area contributed by atoms with Gasteiger partial charge < -0.3 is 20.1 Å². The van der Waals surface area contributed by atoms with Gasteiger partial charge >= 0.3 is 11.9 Å². The summed E-state index contributed by atoms with van der Waals surface area (Å²) in [6.07, 6.45) is 9.54. The Balaban J connectivity index is 1.59. The minimum absolute atomic E-state index is 0.00315. The van der Waals surface area contributed by atoms with Crippen molar-refractivity contribution in [2.24, 2.45) is 50.2 Å². The summed E-state index contributed by atoms with van der Waals surface area (Å²) in [6, 6.07) is 0. The molecule has 37 heavy (non-hydrogen) atoms. The molecule has 208 valence electrons. The van der Waals surface area contributed by atoms with Crippen LogP contribution in [0.4, 0.5) is 0 Å². The van der Waals surface area contributed by atoms with Gasteiger partial charge in [-0.3, -0.25) is 9.59 Å². The number of methoxy groups -OCH3 is 1. The van der Waals surface area contributed by atoms with E-state index in [-0.39, 0.29) is 40.7 Å². The van der Waals surface area contributed by atoms with E-state index in [4.69, 9.17) is 4.74 Å². The van der Waals surface area contributed by atoms with Crippen molar-refractivity contribution in [2.45, 2.75) is 105 Å². The van der Waals surface area contributed by atoms with Crippen LogP contribution in [0.25, 0.3) is 0 Å². The van der Waals surface area contributed by atoms with Crippen molar-refractivity contribution in [1.82, 2.24) is 0 Å². The molecule has 5 rings (SSSR count). The zero-order valence-corrected chi connectivity index (χ0v) is 23.7. The Morgan fingerprint density at radius 2 is 1.65 bits per heavy atom. The van der Waals surface area contributed by atoms with Gasteiger partial charge in [0.15, 0.2) is 0 Å². The number of rotatable bonds is 3. The van der Waals surface area contributed by atoms with Crippen molar-refractivity contribution in [3.63, 3.8) is 0 Å². The first-order chi connectivity index (χ1) is 17.2.